The molecule has 0 aliphatic carbocycles. The van der Waals surface area contributed by atoms with Gasteiger partial charge >= 0.3 is 0 Å². The lowest BCUT2D eigenvalue weighted by atomic mass is 9.84. The molecule has 2 nitrogen and oxygen atoms in total. The van der Waals surface area contributed by atoms with Gasteiger partial charge in [0.25, 0.3) is 0 Å². The zero-order chi connectivity index (χ0) is 38.9. The van der Waals surface area contributed by atoms with E-state index < -0.39 is 0 Å². The molecule has 0 N–H and O–H groups in total. The van der Waals surface area contributed by atoms with Gasteiger partial charge in [0, 0.05) is 39.1 Å². The molecule has 0 atom stereocenters. The van der Waals surface area contributed by atoms with Crippen molar-refractivity contribution in [3.8, 4) is 39.1 Å². The molecule has 57 heavy (non-hydrogen) atoms. The predicted octanol–water partition coefficient (Wildman–Crippen LogP) is 15.4. The largest absolute Gasteiger partial charge is 0.310 e. The molecule has 0 radical (unpaired) electrons. The second kappa shape index (κ2) is 15.2. The van der Waals surface area contributed by atoms with Crippen LogP contribution in [0.25, 0.3) is 66.8 Å². The lowest BCUT2D eigenvalue weighted by Crippen LogP contribution is -2.13. The molecular formula is C55H44N2. The van der Waals surface area contributed by atoms with Crippen LogP contribution in [0.2, 0.25) is 0 Å². The van der Waals surface area contributed by atoms with E-state index in [-0.39, 0.29) is 0 Å². The smallest absolute Gasteiger partial charge is 0.0621 e. The molecule has 0 saturated carbocycles. The van der Waals surface area contributed by atoms with Crippen LogP contribution in [0.1, 0.15) is 22.4 Å². The number of hydrogen-bond donors (Lipinski definition) is 0. The molecule has 0 unspecified atom stereocenters. The molecule has 0 aliphatic rings. The van der Waals surface area contributed by atoms with Crippen LogP contribution in [0.4, 0.5) is 17.1 Å². The molecule has 9 aromatic rings. The number of aromatic nitrogens is 1. The van der Waals surface area contributed by atoms with E-state index in [9.17, 15) is 0 Å². The van der Waals surface area contributed by atoms with Crippen molar-refractivity contribution in [2.45, 2.75) is 20.8 Å². The zero-order valence-electron chi connectivity index (χ0n) is 32.7. The molecule has 0 saturated heterocycles. The van der Waals surface area contributed by atoms with Crippen LogP contribution in [-0.2, 0) is 0 Å². The molecule has 0 aliphatic heterocycles. The fourth-order valence-electron chi connectivity index (χ4n) is 8.59. The number of rotatable bonds is 9. The molecule has 0 spiro atoms. The van der Waals surface area contributed by atoms with Gasteiger partial charge in [-0.15, -0.1) is 0 Å². The number of anilines is 3. The van der Waals surface area contributed by atoms with Gasteiger partial charge in [-0.25, -0.2) is 0 Å². The molecule has 9 rings (SSSR count). The number of fused-ring (bicyclic) bond motifs is 2. The highest BCUT2D eigenvalue weighted by molar-refractivity contribution is 6.14. The van der Waals surface area contributed by atoms with Crippen LogP contribution in [0.15, 0.2) is 201 Å². The lowest BCUT2D eigenvalue weighted by molar-refractivity contribution is 1.10. The maximum Gasteiger partial charge on any atom is 0.0621 e. The Labute approximate surface area is 335 Å². The summed E-state index contributed by atoms with van der Waals surface area (Å²) in [6, 6.07) is 65.9. The molecule has 0 amide bonds. The normalized spacial score (nSPS) is 11.4. The monoisotopic (exact) mass is 732 g/mol. The molecule has 8 aromatic carbocycles. The van der Waals surface area contributed by atoms with Gasteiger partial charge in [0.1, 0.15) is 0 Å². The number of hydrogen-bond acceptors (Lipinski definition) is 1. The maximum atomic E-state index is 3.91. The second-order valence-electron chi connectivity index (χ2n) is 14.7. The van der Waals surface area contributed by atoms with Crippen LogP contribution >= 0.6 is 0 Å². The van der Waals surface area contributed by atoms with E-state index in [2.05, 4.69) is 225 Å². The number of nitrogens with zero attached hydrogens (tertiary/aromatic N) is 2. The van der Waals surface area contributed by atoms with Gasteiger partial charge in [0.2, 0.25) is 0 Å². The molecule has 1 heterocycles. The Bertz CT molecular complexity index is 2910. The van der Waals surface area contributed by atoms with Gasteiger partial charge in [-0.05, 0) is 119 Å². The van der Waals surface area contributed by atoms with Crippen LogP contribution in [0.5, 0.6) is 0 Å². The van der Waals surface area contributed by atoms with E-state index in [1.54, 1.807) is 0 Å². The van der Waals surface area contributed by atoms with Gasteiger partial charge in [-0.3, -0.25) is 0 Å². The van der Waals surface area contributed by atoms with Gasteiger partial charge < -0.3 is 9.47 Å². The number of benzene rings is 8. The summed E-state index contributed by atoms with van der Waals surface area (Å²) < 4.78 is 2.34. The van der Waals surface area contributed by atoms with Crippen molar-refractivity contribution in [3.63, 3.8) is 0 Å². The molecule has 0 bridgehead atoms. The van der Waals surface area contributed by atoms with Gasteiger partial charge in [-0.2, -0.15) is 0 Å². The van der Waals surface area contributed by atoms with E-state index in [4.69, 9.17) is 0 Å². The Hall–Kier alpha value is -7.16. The Kier molecular flexibility index (Phi) is 9.46. The van der Waals surface area contributed by atoms with Crippen molar-refractivity contribution in [1.82, 2.24) is 4.57 Å². The Morgan fingerprint density at radius 3 is 1.72 bits per heavy atom. The fraction of sp³-hybridized carbons (Fsp3) is 0.0545. The van der Waals surface area contributed by atoms with Crippen LogP contribution < -0.4 is 4.90 Å². The molecular weight excluding hydrogens is 689 g/mol. The highest BCUT2D eigenvalue weighted by Gasteiger charge is 2.25. The van der Waals surface area contributed by atoms with E-state index in [1.165, 1.54) is 77.6 Å². The Balaban J connectivity index is 1.19. The minimum absolute atomic E-state index is 1.10. The Morgan fingerprint density at radius 1 is 0.474 bits per heavy atom. The SMILES string of the molecule is C=C/C=C\c1c(C)c2ccccc2n1-c1ccc(-c2ccc(N(c3ccccc3)c3c(-c4ccccc4)c(C)c(-c4ccccc4C)c4ccccc34)cc2)cc1. The van der Waals surface area contributed by atoms with Crippen LogP contribution in [-0.4, -0.2) is 4.57 Å². The summed E-state index contributed by atoms with van der Waals surface area (Å²) >= 11 is 0. The number of allylic oxidation sites excluding steroid dienone is 2. The minimum Gasteiger partial charge on any atom is -0.310 e. The van der Waals surface area contributed by atoms with Gasteiger partial charge in [-0.1, -0.05) is 158 Å². The summed E-state index contributed by atoms with van der Waals surface area (Å²) in [4.78, 5) is 2.45. The topological polar surface area (TPSA) is 8.17 Å². The molecule has 1 aromatic heterocycles. The third-order valence-electron chi connectivity index (χ3n) is 11.3. The summed E-state index contributed by atoms with van der Waals surface area (Å²) in [6.07, 6.45) is 6.00. The first-order valence-electron chi connectivity index (χ1n) is 19.7. The van der Waals surface area contributed by atoms with Crippen molar-refractivity contribution in [1.29, 1.82) is 0 Å². The van der Waals surface area contributed by atoms with Gasteiger partial charge in [0.05, 0.1) is 11.2 Å². The first kappa shape index (κ1) is 35.5. The summed E-state index contributed by atoms with van der Waals surface area (Å²) in [5.41, 5.74) is 18.0. The molecule has 2 heteroatoms. The predicted molar refractivity (Wildman–Crippen MR) is 245 cm³/mol. The molecule has 274 valence electrons. The van der Waals surface area contributed by atoms with Crippen LogP contribution in [0.3, 0.4) is 0 Å². The summed E-state index contributed by atoms with van der Waals surface area (Å²) in [7, 11) is 0. The highest BCUT2D eigenvalue weighted by atomic mass is 15.1. The lowest BCUT2D eigenvalue weighted by Gasteiger charge is -2.32. The second-order valence-corrected chi connectivity index (χ2v) is 14.7. The van der Waals surface area contributed by atoms with Crippen molar-refractivity contribution in [3.05, 3.63) is 223 Å². The summed E-state index contributed by atoms with van der Waals surface area (Å²) in [6.45, 7) is 10.6. The Morgan fingerprint density at radius 2 is 1.04 bits per heavy atom. The fourth-order valence-corrected chi connectivity index (χ4v) is 8.59. The summed E-state index contributed by atoms with van der Waals surface area (Å²) in [5, 5.41) is 3.70. The zero-order valence-corrected chi connectivity index (χ0v) is 32.7. The van der Waals surface area contributed by atoms with E-state index in [1.807, 2.05) is 12.2 Å². The summed E-state index contributed by atoms with van der Waals surface area (Å²) in [5.74, 6) is 0. The van der Waals surface area contributed by atoms with Gasteiger partial charge in [0.15, 0.2) is 0 Å². The molecule has 0 fully saturated rings. The van der Waals surface area contributed by atoms with E-state index >= 15 is 0 Å². The first-order valence-corrected chi connectivity index (χ1v) is 19.7. The quantitative estimate of drug-likeness (QED) is 0.134. The van der Waals surface area contributed by atoms with Crippen molar-refractivity contribution in [2.75, 3.05) is 4.90 Å². The third-order valence-corrected chi connectivity index (χ3v) is 11.3. The number of para-hydroxylation sites is 2. The standard InChI is InChI=1S/C55H44N2/c1-5-6-28-51-39(3)48-25-17-18-29-52(48)57(51)46-36-32-42(33-37-46)41-30-34-45(35-31-41)56(44-22-11-8-12-23-44)55-50-27-16-15-26-49(50)54(47-24-14-13-19-38(47)2)40(4)53(55)43-20-9-7-10-21-43/h5-37H,1H2,2-4H3/b28-6-. The van der Waals surface area contributed by atoms with Crippen molar-refractivity contribution < 1.29 is 0 Å². The third kappa shape index (κ3) is 6.36. The van der Waals surface area contributed by atoms with Crippen molar-refractivity contribution >= 4 is 44.8 Å². The average Bonchev–Trinajstić information content (AvgIpc) is 3.55. The average molecular weight is 733 g/mol. The highest BCUT2D eigenvalue weighted by Crippen LogP contribution is 2.51. The maximum absolute atomic E-state index is 3.91. The first-order chi connectivity index (χ1) is 28.0. The van der Waals surface area contributed by atoms with Crippen LogP contribution in [0, 0.1) is 20.8 Å². The van der Waals surface area contributed by atoms with E-state index in [0.717, 1.165) is 22.6 Å². The van der Waals surface area contributed by atoms with Crippen molar-refractivity contribution in [2.24, 2.45) is 0 Å². The number of aryl methyl sites for hydroxylation is 2. The van der Waals surface area contributed by atoms with E-state index in [0.29, 0.717) is 0 Å². The minimum atomic E-state index is 1.10.